The van der Waals surface area contributed by atoms with E-state index in [9.17, 15) is 4.79 Å². The van der Waals surface area contributed by atoms with Gasteiger partial charge in [0.05, 0.1) is 5.39 Å². The van der Waals surface area contributed by atoms with Crippen LogP contribution >= 0.6 is 0 Å². The summed E-state index contributed by atoms with van der Waals surface area (Å²) >= 11 is 0. The number of H-pyrrole nitrogens is 1. The maximum atomic E-state index is 11.0. The predicted molar refractivity (Wildman–Crippen MR) is 151 cm³/mol. The van der Waals surface area contributed by atoms with Crippen LogP contribution in [0.3, 0.4) is 0 Å². The summed E-state index contributed by atoms with van der Waals surface area (Å²) in [6.07, 6.45) is 4.74. The molecule has 4 aromatic rings. The summed E-state index contributed by atoms with van der Waals surface area (Å²) in [5.74, 6) is 0.499. The Morgan fingerprint density at radius 2 is 1.74 bits per heavy atom. The number of anilines is 1. The highest BCUT2D eigenvalue weighted by Crippen LogP contribution is 2.29. The highest BCUT2D eigenvalue weighted by atomic mass is 16.5. The molecule has 0 radical (unpaired) electrons. The fraction of sp³-hybridized carbons (Fsp3) is 0.345. The number of carbonyl (C=O) groups excluding carboxylic acids is 1. The van der Waals surface area contributed by atoms with Crippen LogP contribution in [0.5, 0.6) is 0 Å². The van der Waals surface area contributed by atoms with Crippen LogP contribution in [0.1, 0.15) is 49.8 Å². The Hall–Kier alpha value is -3.79. The summed E-state index contributed by atoms with van der Waals surface area (Å²) in [5, 5.41) is 19.8. The van der Waals surface area contributed by atoms with Crippen molar-refractivity contribution >= 4 is 22.8 Å². The number of fused-ring (bicyclic) bond motifs is 1. The van der Waals surface area contributed by atoms with Gasteiger partial charge in [-0.25, -0.2) is 15.4 Å². The lowest BCUT2D eigenvalue weighted by Gasteiger charge is -2.15. The Morgan fingerprint density at radius 1 is 0.947 bits per heavy atom. The number of nitrogens with zero attached hydrogens (tertiary/aromatic N) is 2. The fourth-order valence-electron chi connectivity index (χ4n) is 4.35. The number of unbranched alkanes of at least 4 members (excludes halogenated alkanes) is 2. The molecule has 2 aromatic carbocycles. The van der Waals surface area contributed by atoms with Crippen molar-refractivity contribution in [3.05, 3.63) is 78.1 Å². The van der Waals surface area contributed by atoms with Gasteiger partial charge in [0.1, 0.15) is 17.8 Å². The highest BCUT2D eigenvalue weighted by molar-refractivity contribution is 5.91. The first-order valence-corrected chi connectivity index (χ1v) is 13.2. The van der Waals surface area contributed by atoms with Gasteiger partial charge in [-0.1, -0.05) is 61.0 Å². The van der Waals surface area contributed by atoms with Crippen molar-refractivity contribution < 1.29 is 10.0 Å². The molecule has 2 heterocycles. The molecule has 0 aliphatic carbocycles. The van der Waals surface area contributed by atoms with Crippen LogP contribution in [-0.2, 0) is 11.3 Å². The van der Waals surface area contributed by atoms with Crippen molar-refractivity contribution in [1.29, 1.82) is 0 Å². The Bertz CT molecular complexity index is 1280. The lowest BCUT2D eigenvalue weighted by atomic mass is 10.1. The van der Waals surface area contributed by atoms with E-state index in [2.05, 4.69) is 80.3 Å². The topological polar surface area (TPSA) is 127 Å². The summed E-state index contributed by atoms with van der Waals surface area (Å²) in [5.41, 5.74) is 7.02. The number of aromatic nitrogens is 3. The van der Waals surface area contributed by atoms with Gasteiger partial charge in [0, 0.05) is 37.8 Å². The minimum Gasteiger partial charge on any atom is -0.363 e. The minimum atomic E-state index is -0.318. The standard InChI is InChI=1S/C29H37N7O2/c1-21(23-8-4-2-5-9-23)34-28-25-18-26(35-29(25)33-20-32-28)24-13-11-22(12-14-24)19-31-17-16-30-15-7-3-6-10-27(37)36-38/h2,4-5,8-9,11-14,18,20-21,30-31,38H,3,6-7,10,15-17,19H2,1H3,(H,36,37)(H2,32,33,34,35)/t21-/m1/s1. The van der Waals surface area contributed by atoms with E-state index in [-0.39, 0.29) is 11.9 Å². The number of aromatic amines is 1. The van der Waals surface area contributed by atoms with E-state index in [0.717, 1.165) is 73.6 Å². The maximum absolute atomic E-state index is 11.0. The first-order chi connectivity index (χ1) is 18.6. The van der Waals surface area contributed by atoms with Crippen LogP contribution in [0.4, 0.5) is 5.82 Å². The molecule has 9 nitrogen and oxygen atoms in total. The molecule has 0 fully saturated rings. The first kappa shape index (κ1) is 27.3. The van der Waals surface area contributed by atoms with Gasteiger partial charge in [0.2, 0.25) is 5.91 Å². The molecular weight excluding hydrogens is 478 g/mol. The zero-order valence-electron chi connectivity index (χ0n) is 21.8. The summed E-state index contributed by atoms with van der Waals surface area (Å²) in [4.78, 5) is 23.3. The molecule has 0 spiro atoms. The van der Waals surface area contributed by atoms with Crippen molar-refractivity contribution in [2.24, 2.45) is 0 Å². The predicted octanol–water partition coefficient (Wildman–Crippen LogP) is 4.54. The second-order valence-electron chi connectivity index (χ2n) is 9.41. The van der Waals surface area contributed by atoms with Crippen molar-refractivity contribution in [3.63, 3.8) is 0 Å². The number of hydrogen-bond donors (Lipinski definition) is 6. The van der Waals surface area contributed by atoms with Crippen LogP contribution < -0.4 is 21.4 Å². The van der Waals surface area contributed by atoms with Crippen LogP contribution in [0.2, 0.25) is 0 Å². The largest absolute Gasteiger partial charge is 0.363 e. The average molecular weight is 516 g/mol. The van der Waals surface area contributed by atoms with Gasteiger partial charge in [-0.3, -0.25) is 10.0 Å². The van der Waals surface area contributed by atoms with Crippen molar-refractivity contribution in [2.45, 2.75) is 45.2 Å². The minimum absolute atomic E-state index is 0.127. The Kier molecular flexibility index (Phi) is 10.2. The Balaban J connectivity index is 1.22. The lowest BCUT2D eigenvalue weighted by Crippen LogP contribution is -2.27. The highest BCUT2D eigenvalue weighted by Gasteiger charge is 2.12. The normalized spacial score (nSPS) is 11.9. The molecule has 9 heteroatoms. The number of amides is 1. The van der Waals surface area contributed by atoms with Crippen LogP contribution in [0, 0.1) is 0 Å². The Labute approximate surface area is 223 Å². The van der Waals surface area contributed by atoms with Crippen LogP contribution in [-0.4, -0.2) is 45.7 Å². The van der Waals surface area contributed by atoms with E-state index >= 15 is 0 Å². The molecule has 0 aliphatic rings. The molecule has 1 atom stereocenters. The molecule has 6 N–H and O–H groups in total. The lowest BCUT2D eigenvalue weighted by molar-refractivity contribution is -0.129. The van der Waals surface area contributed by atoms with Gasteiger partial charge in [-0.05, 0) is 49.1 Å². The molecule has 0 saturated carbocycles. The van der Waals surface area contributed by atoms with E-state index in [1.807, 2.05) is 18.2 Å². The van der Waals surface area contributed by atoms with E-state index in [1.165, 1.54) is 11.1 Å². The summed E-state index contributed by atoms with van der Waals surface area (Å²) in [6.45, 7) is 5.64. The third-order valence-electron chi connectivity index (χ3n) is 6.53. The number of carbonyl (C=O) groups is 1. The van der Waals surface area contributed by atoms with Gasteiger partial charge in [0.25, 0.3) is 0 Å². The van der Waals surface area contributed by atoms with Gasteiger partial charge in [0.15, 0.2) is 0 Å². The Morgan fingerprint density at radius 3 is 2.53 bits per heavy atom. The number of benzene rings is 2. The van der Waals surface area contributed by atoms with E-state index < -0.39 is 0 Å². The molecule has 0 unspecified atom stereocenters. The molecule has 0 saturated heterocycles. The summed E-state index contributed by atoms with van der Waals surface area (Å²) in [7, 11) is 0. The number of hydrogen-bond acceptors (Lipinski definition) is 7. The third-order valence-corrected chi connectivity index (χ3v) is 6.53. The quantitative estimate of drug-likeness (QED) is 0.0779. The molecule has 0 aliphatic heterocycles. The SMILES string of the molecule is C[C@@H](Nc1ncnc2[nH]c(-c3ccc(CNCCNCCCCCC(=O)NO)cc3)cc12)c1ccccc1. The molecule has 2 aromatic heterocycles. The maximum Gasteiger partial charge on any atom is 0.243 e. The smallest absolute Gasteiger partial charge is 0.243 e. The van der Waals surface area contributed by atoms with E-state index in [4.69, 9.17) is 5.21 Å². The monoisotopic (exact) mass is 515 g/mol. The summed E-state index contributed by atoms with van der Waals surface area (Å²) < 4.78 is 0. The zero-order chi connectivity index (χ0) is 26.6. The van der Waals surface area contributed by atoms with Crippen LogP contribution in [0.15, 0.2) is 67.0 Å². The zero-order valence-corrected chi connectivity index (χ0v) is 21.8. The molecule has 38 heavy (non-hydrogen) atoms. The van der Waals surface area contributed by atoms with E-state index in [0.29, 0.717) is 6.42 Å². The van der Waals surface area contributed by atoms with E-state index in [1.54, 1.807) is 11.8 Å². The fourth-order valence-corrected chi connectivity index (χ4v) is 4.35. The van der Waals surface area contributed by atoms with Crippen molar-refractivity contribution in [3.8, 4) is 11.3 Å². The third kappa shape index (κ3) is 7.85. The summed E-state index contributed by atoms with van der Waals surface area (Å²) in [6, 6.07) is 21.1. The van der Waals surface area contributed by atoms with Crippen molar-refractivity contribution in [2.75, 3.05) is 25.0 Å². The molecule has 0 bridgehead atoms. The molecule has 4 rings (SSSR count). The molecule has 1 amide bonds. The number of hydroxylamine groups is 1. The average Bonchev–Trinajstić information content (AvgIpc) is 3.40. The van der Waals surface area contributed by atoms with Crippen LogP contribution in [0.25, 0.3) is 22.3 Å². The second-order valence-corrected chi connectivity index (χ2v) is 9.41. The van der Waals surface area contributed by atoms with Gasteiger partial charge >= 0.3 is 0 Å². The first-order valence-electron chi connectivity index (χ1n) is 13.2. The molecule has 200 valence electrons. The molecular formula is C29H37N7O2. The number of nitrogens with one attached hydrogen (secondary N) is 5. The number of rotatable bonds is 15. The second kappa shape index (κ2) is 14.2. The van der Waals surface area contributed by atoms with Gasteiger partial charge in [-0.15, -0.1) is 0 Å². The van der Waals surface area contributed by atoms with Gasteiger partial charge in [-0.2, -0.15) is 0 Å². The van der Waals surface area contributed by atoms with Gasteiger partial charge < -0.3 is 20.9 Å². The van der Waals surface area contributed by atoms with Crippen molar-refractivity contribution in [1.82, 2.24) is 31.1 Å².